The normalized spacial score (nSPS) is 11.7. The molecule has 0 saturated heterocycles. The molecular weight excluding hydrogens is 306 g/mol. The van der Waals surface area contributed by atoms with Gasteiger partial charge in [-0.05, 0) is 12.5 Å². The number of nitrogens with zero attached hydrogens (tertiary/aromatic N) is 7. The highest BCUT2D eigenvalue weighted by atomic mass is 16.3. The summed E-state index contributed by atoms with van der Waals surface area (Å²) in [5.74, 6) is 1.37. The van der Waals surface area contributed by atoms with E-state index in [9.17, 15) is 0 Å². The number of aromatic nitrogens is 7. The molecule has 0 aliphatic carbocycles. The Hall–Kier alpha value is -2.77. The van der Waals surface area contributed by atoms with Crippen molar-refractivity contribution < 1.29 is 4.42 Å². The quantitative estimate of drug-likeness (QED) is 0.485. The van der Waals surface area contributed by atoms with Gasteiger partial charge >= 0.3 is 0 Å². The van der Waals surface area contributed by atoms with Gasteiger partial charge < -0.3 is 4.42 Å². The minimum absolute atomic E-state index is 0.529. The lowest BCUT2D eigenvalue weighted by atomic mass is 10.1. The molecule has 0 aliphatic heterocycles. The van der Waals surface area contributed by atoms with E-state index in [0.29, 0.717) is 22.7 Å². The molecule has 8 heteroatoms. The monoisotopic (exact) mass is 325 g/mol. The van der Waals surface area contributed by atoms with Crippen molar-refractivity contribution in [3.05, 3.63) is 30.5 Å². The smallest absolute Gasteiger partial charge is 0.238 e. The molecule has 0 fully saturated rings. The molecule has 8 nitrogen and oxygen atoms in total. The summed E-state index contributed by atoms with van der Waals surface area (Å²) < 4.78 is 6.99. The van der Waals surface area contributed by atoms with Crippen molar-refractivity contribution in [3.8, 4) is 5.88 Å². The molecular formula is C16H19N7O. The number of hydrogen-bond donors (Lipinski definition) is 0. The van der Waals surface area contributed by atoms with Crippen LogP contribution in [0.1, 0.15) is 44.9 Å². The summed E-state index contributed by atoms with van der Waals surface area (Å²) in [7, 11) is 0. The first-order chi connectivity index (χ1) is 11.8. The van der Waals surface area contributed by atoms with Gasteiger partial charge in [0.25, 0.3) is 0 Å². The third kappa shape index (κ3) is 2.75. The van der Waals surface area contributed by atoms with Gasteiger partial charge in [0, 0.05) is 12.5 Å². The summed E-state index contributed by atoms with van der Waals surface area (Å²) >= 11 is 0. The van der Waals surface area contributed by atoms with Crippen LogP contribution in [-0.4, -0.2) is 34.6 Å². The van der Waals surface area contributed by atoms with Crippen molar-refractivity contribution in [2.24, 2.45) is 0 Å². The predicted octanol–water partition coefficient (Wildman–Crippen LogP) is 2.96. The first-order valence-corrected chi connectivity index (χ1v) is 8.36. The van der Waals surface area contributed by atoms with Crippen LogP contribution in [0.4, 0.5) is 0 Å². The highest BCUT2D eigenvalue weighted by Crippen LogP contribution is 2.16. The molecule has 0 N–H and O–H groups in total. The Labute approximate surface area is 138 Å². The fourth-order valence-corrected chi connectivity index (χ4v) is 2.72. The Bertz CT molecular complexity index is 938. The van der Waals surface area contributed by atoms with Crippen LogP contribution < -0.4 is 0 Å². The minimum atomic E-state index is 0.529. The second-order valence-electron chi connectivity index (χ2n) is 5.82. The molecule has 0 saturated carbocycles. The van der Waals surface area contributed by atoms with Crippen LogP contribution in [0.3, 0.4) is 0 Å². The topological polar surface area (TPSA) is 86.9 Å². The molecule has 0 atom stereocenters. The van der Waals surface area contributed by atoms with Crippen LogP contribution >= 0.6 is 0 Å². The third-order valence-electron chi connectivity index (χ3n) is 3.98. The van der Waals surface area contributed by atoms with Gasteiger partial charge in [-0.1, -0.05) is 32.6 Å². The Morgan fingerprint density at radius 2 is 2.00 bits per heavy atom. The van der Waals surface area contributed by atoms with Crippen molar-refractivity contribution in [1.29, 1.82) is 0 Å². The van der Waals surface area contributed by atoms with E-state index >= 15 is 0 Å². The lowest BCUT2D eigenvalue weighted by Gasteiger charge is -1.96. The number of aryl methyl sites for hydroxylation is 1. The van der Waals surface area contributed by atoms with Crippen molar-refractivity contribution >= 4 is 16.8 Å². The van der Waals surface area contributed by atoms with E-state index < -0.39 is 0 Å². The van der Waals surface area contributed by atoms with Gasteiger partial charge in [-0.2, -0.15) is 4.52 Å². The lowest BCUT2D eigenvalue weighted by Crippen LogP contribution is -1.95. The first kappa shape index (κ1) is 14.8. The SMILES string of the molecule is CCCCCCCc1nc2c3nn(-c4ccco4)nc3ncn2n1. The van der Waals surface area contributed by atoms with Crippen molar-refractivity contribution in [3.63, 3.8) is 0 Å². The van der Waals surface area contributed by atoms with E-state index in [4.69, 9.17) is 4.42 Å². The fraction of sp³-hybridized carbons (Fsp3) is 0.438. The number of furan rings is 1. The Balaban J connectivity index is 1.60. The molecule has 4 aromatic heterocycles. The molecule has 0 aromatic carbocycles. The maximum Gasteiger partial charge on any atom is 0.238 e. The van der Waals surface area contributed by atoms with E-state index in [-0.39, 0.29) is 0 Å². The Kier molecular flexibility index (Phi) is 3.94. The Morgan fingerprint density at radius 3 is 2.83 bits per heavy atom. The molecule has 0 amide bonds. The average Bonchev–Trinajstić information content (AvgIpc) is 3.31. The molecule has 0 radical (unpaired) electrons. The minimum Gasteiger partial charge on any atom is -0.445 e. The zero-order valence-electron chi connectivity index (χ0n) is 13.6. The van der Waals surface area contributed by atoms with Gasteiger partial charge in [-0.15, -0.1) is 20.1 Å². The maximum absolute atomic E-state index is 5.32. The Morgan fingerprint density at radius 1 is 1.08 bits per heavy atom. The van der Waals surface area contributed by atoms with Crippen LogP contribution in [-0.2, 0) is 6.42 Å². The van der Waals surface area contributed by atoms with Crippen molar-refractivity contribution in [1.82, 2.24) is 34.6 Å². The van der Waals surface area contributed by atoms with Gasteiger partial charge in [-0.25, -0.2) is 9.97 Å². The van der Waals surface area contributed by atoms with Crippen molar-refractivity contribution in [2.45, 2.75) is 45.4 Å². The average molecular weight is 325 g/mol. The standard InChI is InChI=1S/C16H19N7O/c1-2-3-4-5-6-8-12-18-16-14-15(17-11-22(16)19-12)21-23(20-14)13-9-7-10-24-13/h7,9-11H,2-6,8H2,1H3. The molecule has 0 aliphatic rings. The molecule has 4 heterocycles. The van der Waals surface area contributed by atoms with Gasteiger partial charge in [0.1, 0.15) is 6.33 Å². The number of hydrogen-bond acceptors (Lipinski definition) is 6. The fourth-order valence-electron chi connectivity index (χ4n) is 2.72. The molecule has 124 valence electrons. The summed E-state index contributed by atoms with van der Waals surface area (Å²) in [6.45, 7) is 2.22. The highest BCUT2D eigenvalue weighted by molar-refractivity contribution is 5.83. The zero-order valence-corrected chi connectivity index (χ0v) is 13.6. The van der Waals surface area contributed by atoms with Gasteiger partial charge in [-0.3, -0.25) is 0 Å². The van der Waals surface area contributed by atoms with Crippen molar-refractivity contribution in [2.75, 3.05) is 0 Å². The molecule has 0 unspecified atom stereocenters. The van der Waals surface area contributed by atoms with Crippen LogP contribution in [0.25, 0.3) is 22.7 Å². The lowest BCUT2D eigenvalue weighted by molar-refractivity contribution is 0.502. The summed E-state index contributed by atoms with van der Waals surface area (Å²) in [5.41, 5.74) is 1.83. The molecule has 4 aromatic rings. The van der Waals surface area contributed by atoms with Gasteiger partial charge in [0.15, 0.2) is 17.0 Å². The zero-order chi connectivity index (χ0) is 16.4. The second-order valence-corrected chi connectivity index (χ2v) is 5.82. The maximum atomic E-state index is 5.32. The van der Waals surface area contributed by atoms with E-state index in [1.165, 1.54) is 30.5 Å². The predicted molar refractivity (Wildman–Crippen MR) is 87.9 cm³/mol. The highest BCUT2D eigenvalue weighted by Gasteiger charge is 2.14. The molecule has 0 bridgehead atoms. The van der Waals surface area contributed by atoms with Crippen LogP contribution in [0, 0.1) is 0 Å². The summed E-state index contributed by atoms with van der Waals surface area (Å²) in [5, 5.41) is 13.3. The molecule has 4 rings (SSSR count). The largest absolute Gasteiger partial charge is 0.445 e. The first-order valence-electron chi connectivity index (χ1n) is 8.36. The third-order valence-corrected chi connectivity index (χ3v) is 3.98. The van der Waals surface area contributed by atoms with E-state index in [2.05, 4.69) is 32.2 Å². The second kappa shape index (κ2) is 6.38. The molecule has 0 spiro atoms. The van der Waals surface area contributed by atoms with Gasteiger partial charge in [0.2, 0.25) is 11.5 Å². The van der Waals surface area contributed by atoms with E-state index in [0.717, 1.165) is 18.7 Å². The van der Waals surface area contributed by atoms with Gasteiger partial charge in [0.05, 0.1) is 6.26 Å². The van der Waals surface area contributed by atoms with Crippen LogP contribution in [0.15, 0.2) is 29.1 Å². The summed E-state index contributed by atoms with van der Waals surface area (Å²) in [6.07, 6.45) is 10.2. The number of fused-ring (bicyclic) bond motifs is 3. The summed E-state index contributed by atoms with van der Waals surface area (Å²) in [4.78, 5) is 10.3. The van der Waals surface area contributed by atoms with Crippen LogP contribution in [0.5, 0.6) is 0 Å². The van der Waals surface area contributed by atoms with Crippen LogP contribution in [0.2, 0.25) is 0 Å². The van der Waals surface area contributed by atoms with E-state index in [1.54, 1.807) is 29.2 Å². The summed E-state index contributed by atoms with van der Waals surface area (Å²) in [6, 6.07) is 3.59. The number of rotatable bonds is 7. The van der Waals surface area contributed by atoms with E-state index in [1.807, 2.05) is 0 Å². The number of unbranched alkanes of at least 4 members (excludes halogenated alkanes) is 4. The molecule has 24 heavy (non-hydrogen) atoms.